The Balaban J connectivity index is 2.62. The van der Waals surface area contributed by atoms with Gasteiger partial charge < -0.3 is 5.11 Å². The van der Waals surface area contributed by atoms with Gasteiger partial charge in [-0.25, -0.2) is 8.84 Å². The van der Waals surface area contributed by atoms with E-state index >= 15 is 0 Å². The Hall–Kier alpha value is -0.850. The lowest BCUT2D eigenvalue weighted by molar-refractivity contribution is 0.275. The number of aliphatic hydroxyl groups is 1. The fourth-order valence-corrected chi connectivity index (χ4v) is 2.86. The average Bonchev–Trinajstić information content (AvgIpc) is 2.40. The summed E-state index contributed by atoms with van der Waals surface area (Å²) in [5, 5.41) is 13.1. The highest BCUT2D eigenvalue weighted by atomic mass is 127. The van der Waals surface area contributed by atoms with Gasteiger partial charge in [-0.1, -0.05) is 12.1 Å². The topological polar surface area (TPSA) is 55.1 Å². The molecule has 18 heavy (non-hydrogen) atoms. The Morgan fingerprint density at radius 1 is 1.39 bits per heavy atom. The van der Waals surface area contributed by atoms with Crippen molar-refractivity contribution in [2.75, 3.05) is 0 Å². The molecule has 0 saturated carbocycles. The maximum Gasteiger partial charge on any atom is 0.278 e. The summed E-state index contributed by atoms with van der Waals surface area (Å²) in [5.74, 6) is -0.355. The first-order chi connectivity index (χ1) is 8.65. The third-order valence-electron chi connectivity index (χ3n) is 2.36. The zero-order valence-electron chi connectivity index (χ0n) is 9.10. The van der Waals surface area contributed by atoms with Crippen LogP contribution in [-0.4, -0.2) is 14.7 Å². The number of benzene rings is 1. The zero-order valence-corrected chi connectivity index (χ0v) is 12.3. The van der Waals surface area contributed by atoms with Gasteiger partial charge in [0.05, 0.1) is 24.2 Å². The minimum atomic E-state index is -0.355. The van der Waals surface area contributed by atoms with Crippen molar-refractivity contribution in [1.29, 1.82) is 0 Å². The van der Waals surface area contributed by atoms with E-state index in [9.17, 15) is 9.18 Å². The van der Waals surface area contributed by atoms with Crippen molar-refractivity contribution in [1.82, 2.24) is 9.55 Å². The van der Waals surface area contributed by atoms with Gasteiger partial charge in [0.1, 0.15) is 5.82 Å². The monoisotopic (exact) mass is 378 g/mol. The van der Waals surface area contributed by atoms with E-state index in [-0.39, 0.29) is 24.4 Å². The predicted octanol–water partition coefficient (Wildman–Crippen LogP) is 2.33. The highest BCUT2D eigenvalue weighted by molar-refractivity contribution is 14.2. The van der Waals surface area contributed by atoms with E-state index in [0.717, 1.165) is 0 Å². The summed E-state index contributed by atoms with van der Waals surface area (Å²) >= 11 is 2.04. The van der Waals surface area contributed by atoms with E-state index in [1.54, 1.807) is 0 Å². The van der Waals surface area contributed by atoms with Gasteiger partial charge in [-0.2, -0.15) is 5.10 Å². The van der Waals surface area contributed by atoms with Crippen LogP contribution in [0.2, 0.25) is 0 Å². The Labute approximate surface area is 117 Å². The normalized spacial score (nSPS) is 11.3. The van der Waals surface area contributed by atoms with Gasteiger partial charge in [-0.3, -0.25) is 4.79 Å². The molecule has 4 nitrogen and oxygen atoms in total. The first-order valence-corrected chi connectivity index (χ1v) is 9.08. The molecule has 1 N–H and O–H groups in total. The molecule has 94 valence electrons. The minimum absolute atomic E-state index is 0.145. The summed E-state index contributed by atoms with van der Waals surface area (Å²) in [6, 6.07) is 7.19. The molecule has 2 rings (SSSR count). The first kappa shape index (κ1) is 13.6. The van der Waals surface area contributed by atoms with Crippen LogP contribution in [0.5, 0.6) is 0 Å². The summed E-state index contributed by atoms with van der Waals surface area (Å²) in [6.45, 7) is -0.240. The molecule has 0 bridgehead atoms. The van der Waals surface area contributed by atoms with Crippen LogP contribution in [0.1, 0.15) is 5.69 Å². The van der Waals surface area contributed by atoms with Gasteiger partial charge in [0, 0.05) is 0 Å². The second-order valence-electron chi connectivity index (χ2n) is 3.52. The van der Waals surface area contributed by atoms with E-state index in [1.165, 1.54) is 34.8 Å². The third-order valence-corrected chi connectivity index (χ3v) is 4.19. The van der Waals surface area contributed by atoms with E-state index in [1.807, 2.05) is 22.0 Å². The largest absolute Gasteiger partial charge is 0.390 e. The highest BCUT2D eigenvalue weighted by Crippen LogP contribution is 2.23. The lowest BCUT2D eigenvalue weighted by atomic mass is 10.1. The molecule has 0 amide bonds. The molecule has 1 aromatic heterocycles. The lowest BCUT2D eigenvalue weighted by Gasteiger charge is -2.07. The van der Waals surface area contributed by atoms with Crippen molar-refractivity contribution in [3.05, 3.63) is 52.2 Å². The number of aliphatic hydroxyl groups excluding tert-OH is 1. The van der Waals surface area contributed by atoms with Crippen LogP contribution < -0.4 is 5.56 Å². The van der Waals surface area contributed by atoms with E-state index in [2.05, 4.69) is 5.10 Å². The lowest BCUT2D eigenvalue weighted by Crippen LogP contribution is -2.19. The van der Waals surface area contributed by atoms with Crippen molar-refractivity contribution in [2.45, 2.75) is 6.61 Å². The number of hydrogen-bond acceptors (Lipinski definition) is 3. The van der Waals surface area contributed by atoms with Crippen LogP contribution in [0.3, 0.4) is 0 Å². The Kier molecular flexibility index (Phi) is 4.42. The van der Waals surface area contributed by atoms with Crippen molar-refractivity contribution in [2.24, 2.45) is 0 Å². The van der Waals surface area contributed by atoms with Gasteiger partial charge in [-0.05, 0) is 45.8 Å². The van der Waals surface area contributed by atoms with E-state index < -0.39 is 0 Å². The Morgan fingerprint density at radius 3 is 2.61 bits per heavy atom. The van der Waals surface area contributed by atoms with Crippen molar-refractivity contribution >= 4 is 28.4 Å². The zero-order chi connectivity index (χ0) is 13.1. The fourth-order valence-electron chi connectivity index (χ4n) is 1.52. The smallest absolute Gasteiger partial charge is 0.278 e. The van der Waals surface area contributed by atoms with Gasteiger partial charge in [-0.15, -0.1) is 0 Å². The fraction of sp³-hybridized carbons (Fsp3) is 0.0909. The van der Waals surface area contributed by atoms with E-state index in [0.29, 0.717) is 16.8 Å². The molecule has 0 aliphatic rings. The van der Waals surface area contributed by atoms with Crippen molar-refractivity contribution < 1.29 is 9.50 Å². The molecular formula is C11H9FIN2O2P. The summed E-state index contributed by atoms with van der Waals surface area (Å²) in [6.07, 6.45) is 0.145. The molecule has 0 spiro atoms. The maximum atomic E-state index is 12.9. The molecule has 7 heteroatoms. The molecule has 0 aliphatic heterocycles. The SMILES string of the molecule is O=c1c(-c2ccc(F)cc2)cc(CO)nn1PI. The van der Waals surface area contributed by atoms with Crippen LogP contribution in [0, 0.1) is 5.82 Å². The molecular weight excluding hydrogens is 369 g/mol. The molecule has 0 saturated heterocycles. The Morgan fingerprint density at radius 2 is 2.06 bits per heavy atom. The second-order valence-corrected chi connectivity index (χ2v) is 5.56. The average molecular weight is 378 g/mol. The van der Waals surface area contributed by atoms with Crippen LogP contribution in [0.25, 0.3) is 11.1 Å². The number of nitrogens with zero attached hydrogens (tertiary/aromatic N) is 2. The summed E-state index contributed by atoms with van der Waals surface area (Å²) in [4.78, 5) is 12.1. The number of halogens is 2. The van der Waals surface area contributed by atoms with Crippen molar-refractivity contribution in [3.8, 4) is 11.1 Å². The predicted molar refractivity (Wildman–Crippen MR) is 77.5 cm³/mol. The molecule has 0 radical (unpaired) electrons. The standard InChI is InChI=1S/C11H9FIN2O2P/c12-8-3-1-7(2-4-8)10-5-9(6-16)14-15(18-13)11(10)17/h1-5,16,18H,6H2. The molecule has 1 aromatic carbocycles. The van der Waals surface area contributed by atoms with Crippen LogP contribution in [-0.2, 0) is 6.61 Å². The van der Waals surface area contributed by atoms with Gasteiger partial charge in [0.25, 0.3) is 5.56 Å². The highest BCUT2D eigenvalue weighted by Gasteiger charge is 2.09. The molecule has 0 aliphatic carbocycles. The molecule has 1 unspecified atom stereocenters. The van der Waals surface area contributed by atoms with E-state index in [4.69, 9.17) is 5.11 Å². The quantitative estimate of drug-likeness (QED) is 0.659. The van der Waals surface area contributed by atoms with Gasteiger partial charge >= 0.3 is 0 Å². The number of rotatable bonds is 3. The molecule has 2 aromatic rings. The van der Waals surface area contributed by atoms with Crippen molar-refractivity contribution in [3.63, 3.8) is 0 Å². The molecule has 1 atom stereocenters. The number of hydrogen-bond donors (Lipinski definition) is 1. The number of aromatic nitrogens is 2. The molecule has 0 fully saturated rings. The second kappa shape index (κ2) is 5.86. The summed E-state index contributed by atoms with van der Waals surface area (Å²) < 4.78 is 14.2. The molecule has 1 heterocycles. The summed E-state index contributed by atoms with van der Waals surface area (Å²) in [5.41, 5.74) is 1.20. The first-order valence-electron chi connectivity index (χ1n) is 5.02. The van der Waals surface area contributed by atoms with Gasteiger partial charge in [0.2, 0.25) is 0 Å². The Bertz CT molecular complexity index is 615. The van der Waals surface area contributed by atoms with Gasteiger partial charge in [0.15, 0.2) is 0 Å². The minimum Gasteiger partial charge on any atom is -0.390 e. The maximum absolute atomic E-state index is 12.9. The third kappa shape index (κ3) is 2.76. The summed E-state index contributed by atoms with van der Waals surface area (Å²) in [7, 11) is 0. The van der Waals surface area contributed by atoms with Crippen LogP contribution >= 0.6 is 28.4 Å². The van der Waals surface area contributed by atoms with Crippen LogP contribution in [0.15, 0.2) is 35.1 Å². The van der Waals surface area contributed by atoms with Crippen LogP contribution in [0.4, 0.5) is 4.39 Å².